The molecule has 0 bridgehead atoms. The summed E-state index contributed by atoms with van der Waals surface area (Å²) in [4.78, 5) is 1.10. The molecule has 0 fully saturated rings. The Morgan fingerprint density at radius 1 is 0.950 bits per heavy atom. The van der Waals surface area contributed by atoms with E-state index in [0.717, 1.165) is 17.0 Å². The molecule has 1 aliphatic rings. The van der Waals surface area contributed by atoms with Crippen LogP contribution >= 0.6 is 0 Å². The first kappa shape index (κ1) is 12.7. The van der Waals surface area contributed by atoms with E-state index >= 15 is 0 Å². The number of amidine groups is 1. The Bertz CT molecular complexity index is 727. The number of benzene rings is 2. The van der Waals surface area contributed by atoms with Gasteiger partial charge in [-0.05, 0) is 17.7 Å². The molecule has 1 aliphatic heterocycles. The van der Waals surface area contributed by atoms with Gasteiger partial charge in [-0.1, -0.05) is 6.07 Å². The molecule has 0 radical (unpaired) electrons. The van der Waals surface area contributed by atoms with Crippen LogP contribution in [-0.4, -0.2) is 5.84 Å². The summed E-state index contributed by atoms with van der Waals surface area (Å²) < 4.78 is 53.4. The largest absolute Gasteiger partial charge is 0.319 e. The lowest BCUT2D eigenvalue weighted by atomic mass is 10.1. The molecule has 0 saturated carbocycles. The lowest BCUT2D eigenvalue weighted by Gasteiger charge is -2.19. The molecule has 0 amide bonds. The minimum absolute atomic E-state index is 0.0637. The molecule has 2 nitrogen and oxygen atoms in total. The fourth-order valence-electron chi connectivity index (χ4n) is 2.25. The second kappa shape index (κ2) is 4.33. The Hall–Kier alpha value is -2.37. The van der Waals surface area contributed by atoms with E-state index in [1.807, 2.05) is 0 Å². The lowest BCUT2D eigenvalue weighted by molar-refractivity contribution is 0.495. The van der Waals surface area contributed by atoms with Crippen LogP contribution in [0.3, 0.4) is 0 Å². The summed E-state index contributed by atoms with van der Waals surface area (Å²) >= 11 is 0. The highest BCUT2D eigenvalue weighted by molar-refractivity contribution is 6.11. The van der Waals surface area contributed by atoms with E-state index in [1.165, 1.54) is 12.1 Å². The van der Waals surface area contributed by atoms with E-state index < -0.39 is 23.3 Å². The van der Waals surface area contributed by atoms with E-state index in [2.05, 4.69) is 0 Å². The smallest absolute Gasteiger partial charge is 0.182 e. The molecule has 0 aromatic heterocycles. The Balaban J connectivity index is 2.09. The van der Waals surface area contributed by atoms with Crippen LogP contribution in [0, 0.1) is 28.7 Å². The van der Waals surface area contributed by atoms with Crippen LogP contribution in [0.2, 0.25) is 0 Å². The van der Waals surface area contributed by atoms with Crippen LogP contribution in [0.4, 0.5) is 23.2 Å². The predicted octanol–water partition coefficient (Wildman–Crippen LogP) is 3.59. The topological polar surface area (TPSA) is 27.1 Å². The molecule has 2 aromatic carbocycles. The van der Waals surface area contributed by atoms with Gasteiger partial charge in [0.1, 0.15) is 17.5 Å². The second-order valence-electron chi connectivity index (χ2n) is 4.46. The monoisotopic (exact) mass is 280 g/mol. The first-order valence-corrected chi connectivity index (χ1v) is 5.77. The number of halogens is 4. The summed E-state index contributed by atoms with van der Waals surface area (Å²) in [6.07, 6.45) is 0. The van der Waals surface area contributed by atoms with Gasteiger partial charge in [0.15, 0.2) is 11.6 Å². The van der Waals surface area contributed by atoms with Crippen molar-refractivity contribution in [2.24, 2.45) is 0 Å². The molecule has 0 saturated heterocycles. The van der Waals surface area contributed by atoms with Gasteiger partial charge in [-0.2, -0.15) is 0 Å². The standard InChI is InChI=1S/C14H8F4N2/c15-8-2-1-7-6-20(14(19)10(7)3-8)12-5-9(16)4-11(17)13(12)18/h1-5,19H,6H2. The van der Waals surface area contributed by atoms with Gasteiger partial charge in [0, 0.05) is 17.7 Å². The van der Waals surface area contributed by atoms with Gasteiger partial charge in [0.05, 0.1) is 12.2 Å². The molecule has 0 aliphatic carbocycles. The Labute approximate surface area is 111 Å². The average Bonchev–Trinajstić information content (AvgIpc) is 2.71. The van der Waals surface area contributed by atoms with Gasteiger partial charge >= 0.3 is 0 Å². The highest BCUT2D eigenvalue weighted by atomic mass is 19.2. The quantitative estimate of drug-likeness (QED) is 0.627. The van der Waals surface area contributed by atoms with Crippen LogP contribution in [0.15, 0.2) is 30.3 Å². The van der Waals surface area contributed by atoms with Crippen molar-refractivity contribution in [3.63, 3.8) is 0 Å². The summed E-state index contributed by atoms with van der Waals surface area (Å²) in [5, 5.41) is 7.91. The Morgan fingerprint density at radius 2 is 1.70 bits per heavy atom. The molecular weight excluding hydrogens is 272 g/mol. The SMILES string of the molecule is N=C1c2cc(F)ccc2CN1c1cc(F)cc(F)c1F. The molecule has 1 N–H and O–H groups in total. The molecule has 2 aromatic rings. The zero-order chi connectivity index (χ0) is 14.4. The molecule has 0 unspecified atom stereocenters. The van der Waals surface area contributed by atoms with Gasteiger partial charge in [0.2, 0.25) is 0 Å². The van der Waals surface area contributed by atoms with Crippen molar-refractivity contribution < 1.29 is 17.6 Å². The minimum Gasteiger partial charge on any atom is -0.319 e. The van der Waals surface area contributed by atoms with Crippen LogP contribution in [0.25, 0.3) is 0 Å². The van der Waals surface area contributed by atoms with E-state index in [4.69, 9.17) is 5.41 Å². The maximum absolute atomic E-state index is 13.8. The zero-order valence-corrected chi connectivity index (χ0v) is 10.1. The van der Waals surface area contributed by atoms with E-state index in [9.17, 15) is 17.6 Å². The fourth-order valence-corrected chi connectivity index (χ4v) is 2.25. The summed E-state index contributed by atoms with van der Waals surface area (Å²) in [5.74, 6) is -4.21. The van der Waals surface area contributed by atoms with Crippen LogP contribution < -0.4 is 4.90 Å². The average molecular weight is 280 g/mol. The Morgan fingerprint density at radius 3 is 2.45 bits per heavy atom. The maximum atomic E-state index is 13.8. The first-order valence-electron chi connectivity index (χ1n) is 5.77. The molecule has 3 rings (SSSR count). The van der Waals surface area contributed by atoms with E-state index in [1.54, 1.807) is 0 Å². The number of hydrogen-bond donors (Lipinski definition) is 1. The third-order valence-electron chi connectivity index (χ3n) is 3.19. The van der Waals surface area contributed by atoms with Crippen LogP contribution in [0.5, 0.6) is 0 Å². The van der Waals surface area contributed by atoms with Gasteiger partial charge in [-0.25, -0.2) is 17.6 Å². The summed E-state index contributed by atoms with van der Waals surface area (Å²) in [5.41, 5.74) is 0.513. The van der Waals surface area contributed by atoms with Gasteiger partial charge in [-0.3, -0.25) is 5.41 Å². The summed E-state index contributed by atoms with van der Waals surface area (Å²) in [6.45, 7) is 0.0637. The summed E-state index contributed by atoms with van der Waals surface area (Å²) in [6, 6.07) is 5.08. The third-order valence-corrected chi connectivity index (χ3v) is 3.19. The molecule has 1 heterocycles. The van der Waals surface area contributed by atoms with Crippen molar-refractivity contribution in [2.45, 2.75) is 6.54 Å². The van der Waals surface area contributed by atoms with Crippen LogP contribution in [-0.2, 0) is 6.54 Å². The van der Waals surface area contributed by atoms with Crippen molar-refractivity contribution in [1.82, 2.24) is 0 Å². The normalized spacial score (nSPS) is 13.8. The maximum Gasteiger partial charge on any atom is 0.182 e. The van der Waals surface area contributed by atoms with Crippen LogP contribution in [0.1, 0.15) is 11.1 Å². The first-order chi connectivity index (χ1) is 9.47. The molecule has 102 valence electrons. The van der Waals surface area contributed by atoms with E-state index in [0.29, 0.717) is 11.6 Å². The van der Waals surface area contributed by atoms with Gasteiger partial charge in [0.25, 0.3) is 0 Å². The zero-order valence-electron chi connectivity index (χ0n) is 10.1. The van der Waals surface area contributed by atoms with E-state index in [-0.39, 0.29) is 23.6 Å². The third kappa shape index (κ3) is 1.84. The van der Waals surface area contributed by atoms with Crippen molar-refractivity contribution in [1.29, 1.82) is 5.41 Å². The number of anilines is 1. The number of nitrogens with one attached hydrogen (secondary N) is 1. The highest BCUT2D eigenvalue weighted by Crippen LogP contribution is 2.31. The van der Waals surface area contributed by atoms with Gasteiger partial charge < -0.3 is 4.90 Å². The number of hydrogen-bond acceptors (Lipinski definition) is 1. The molecule has 6 heteroatoms. The predicted molar refractivity (Wildman–Crippen MR) is 65.7 cm³/mol. The van der Waals surface area contributed by atoms with Crippen molar-refractivity contribution in [3.8, 4) is 0 Å². The summed E-state index contributed by atoms with van der Waals surface area (Å²) in [7, 11) is 0. The fraction of sp³-hybridized carbons (Fsp3) is 0.0714. The molecule has 20 heavy (non-hydrogen) atoms. The Kier molecular flexibility index (Phi) is 2.74. The van der Waals surface area contributed by atoms with Crippen molar-refractivity contribution >= 4 is 11.5 Å². The number of nitrogens with zero attached hydrogens (tertiary/aromatic N) is 1. The second-order valence-corrected chi connectivity index (χ2v) is 4.46. The number of fused-ring (bicyclic) bond motifs is 1. The van der Waals surface area contributed by atoms with Crippen molar-refractivity contribution in [3.05, 3.63) is 64.7 Å². The molecule has 0 spiro atoms. The lowest BCUT2D eigenvalue weighted by Crippen LogP contribution is -2.24. The van der Waals surface area contributed by atoms with Gasteiger partial charge in [-0.15, -0.1) is 0 Å². The molecular formula is C14H8F4N2. The number of rotatable bonds is 1. The molecule has 0 atom stereocenters. The highest BCUT2D eigenvalue weighted by Gasteiger charge is 2.29. The van der Waals surface area contributed by atoms with Crippen molar-refractivity contribution in [2.75, 3.05) is 4.90 Å². The minimum atomic E-state index is -1.32.